The number of thiophene rings is 1. The van der Waals surface area contributed by atoms with Crippen LogP contribution in [0.15, 0.2) is 39.1 Å². The van der Waals surface area contributed by atoms with Gasteiger partial charge >= 0.3 is 0 Å². The fourth-order valence-corrected chi connectivity index (χ4v) is 5.25. The van der Waals surface area contributed by atoms with E-state index in [1.807, 2.05) is 0 Å². The quantitative estimate of drug-likeness (QED) is 0.354. The highest BCUT2D eigenvalue weighted by Crippen LogP contribution is 2.32. The van der Waals surface area contributed by atoms with Crippen molar-refractivity contribution in [3.8, 4) is 10.8 Å². The van der Waals surface area contributed by atoms with Crippen LogP contribution in [0.3, 0.4) is 0 Å². The minimum absolute atomic E-state index is 0.243. The molecule has 1 aromatic carbocycles. The third-order valence-electron chi connectivity index (χ3n) is 4.10. The summed E-state index contributed by atoms with van der Waals surface area (Å²) < 4.78 is 19.6. The molecule has 0 aliphatic rings. The van der Waals surface area contributed by atoms with E-state index in [2.05, 4.69) is 45.6 Å². The molecule has 0 saturated heterocycles. The number of halogens is 1. The highest BCUT2D eigenvalue weighted by molar-refractivity contribution is 8.00. The lowest BCUT2D eigenvalue weighted by Crippen LogP contribution is -1.98. The number of rotatable bonds is 8. The zero-order valence-electron chi connectivity index (χ0n) is 15.8. The van der Waals surface area contributed by atoms with Crippen molar-refractivity contribution >= 4 is 39.6 Å². The number of hydrogen-bond acceptors (Lipinski definition) is 9. The maximum atomic E-state index is 13.0. The predicted molar refractivity (Wildman–Crippen MR) is 115 cm³/mol. The van der Waals surface area contributed by atoms with Crippen molar-refractivity contribution in [2.24, 2.45) is 0 Å². The summed E-state index contributed by atoms with van der Waals surface area (Å²) in [6, 6.07) is 8.46. The first-order valence-corrected chi connectivity index (χ1v) is 11.6. The standard InChI is InChI=1S/C19H18FN5OS3/c1-3-14-11(2)8-15(28-14)17-23-22-16(26-17)10-27-19-25-24-18(29-19)21-9-12-4-6-13(20)7-5-12/h4-8H,3,9-10H2,1-2H3,(H,21,24). The smallest absolute Gasteiger partial charge is 0.257 e. The predicted octanol–water partition coefficient (Wildman–Crippen LogP) is 5.56. The summed E-state index contributed by atoms with van der Waals surface area (Å²) in [6.07, 6.45) is 1.00. The topological polar surface area (TPSA) is 76.7 Å². The summed E-state index contributed by atoms with van der Waals surface area (Å²) in [5.41, 5.74) is 2.24. The fourth-order valence-electron chi connectivity index (χ4n) is 2.63. The van der Waals surface area contributed by atoms with Gasteiger partial charge in [-0.25, -0.2) is 4.39 Å². The van der Waals surface area contributed by atoms with Crippen molar-refractivity contribution < 1.29 is 8.81 Å². The van der Waals surface area contributed by atoms with Crippen LogP contribution in [0.4, 0.5) is 9.52 Å². The second-order valence-corrected chi connectivity index (χ2v) is 9.55. The summed E-state index contributed by atoms with van der Waals surface area (Å²) in [6.45, 7) is 4.80. The zero-order valence-corrected chi connectivity index (χ0v) is 18.3. The minimum Gasteiger partial charge on any atom is -0.419 e. The second-order valence-electron chi connectivity index (χ2n) is 6.21. The molecule has 0 radical (unpaired) electrons. The van der Waals surface area contributed by atoms with Gasteiger partial charge in [-0.05, 0) is 42.7 Å². The minimum atomic E-state index is -0.243. The van der Waals surface area contributed by atoms with Gasteiger partial charge < -0.3 is 9.73 Å². The van der Waals surface area contributed by atoms with E-state index in [4.69, 9.17) is 4.42 Å². The molecule has 4 rings (SSSR count). The molecule has 0 amide bonds. The highest BCUT2D eigenvalue weighted by Gasteiger charge is 2.14. The van der Waals surface area contributed by atoms with Gasteiger partial charge in [0.1, 0.15) is 5.82 Å². The van der Waals surface area contributed by atoms with Crippen LogP contribution in [-0.4, -0.2) is 20.4 Å². The first-order valence-electron chi connectivity index (χ1n) is 8.97. The van der Waals surface area contributed by atoms with Crippen molar-refractivity contribution in [2.75, 3.05) is 5.32 Å². The number of thioether (sulfide) groups is 1. The molecule has 3 aromatic heterocycles. The van der Waals surface area contributed by atoms with Crippen LogP contribution in [0.2, 0.25) is 0 Å². The van der Waals surface area contributed by atoms with Gasteiger partial charge in [0.25, 0.3) is 5.89 Å². The van der Waals surface area contributed by atoms with E-state index in [0.717, 1.165) is 21.2 Å². The van der Waals surface area contributed by atoms with Crippen LogP contribution in [0.5, 0.6) is 0 Å². The first-order chi connectivity index (χ1) is 14.1. The Morgan fingerprint density at radius 2 is 1.93 bits per heavy atom. The fraction of sp³-hybridized carbons (Fsp3) is 0.263. The summed E-state index contributed by atoms with van der Waals surface area (Å²) in [5, 5.41) is 20.5. The van der Waals surface area contributed by atoms with Gasteiger partial charge in [-0.15, -0.1) is 31.7 Å². The molecule has 0 unspecified atom stereocenters. The lowest BCUT2D eigenvalue weighted by molar-refractivity contribution is 0.529. The SMILES string of the molecule is CCc1sc(-c2nnc(CSc3nnc(NCc4ccc(F)cc4)s3)o2)cc1C. The lowest BCUT2D eigenvalue weighted by Gasteiger charge is -2.01. The molecule has 10 heteroatoms. The molecule has 4 aromatic rings. The van der Waals surface area contributed by atoms with Gasteiger partial charge in [0.05, 0.1) is 10.6 Å². The van der Waals surface area contributed by atoms with E-state index in [1.54, 1.807) is 23.5 Å². The molecule has 1 N–H and O–H groups in total. The van der Waals surface area contributed by atoms with Crippen molar-refractivity contribution in [1.29, 1.82) is 0 Å². The molecular formula is C19H18FN5OS3. The van der Waals surface area contributed by atoms with Crippen molar-refractivity contribution in [1.82, 2.24) is 20.4 Å². The molecule has 0 aliphatic heterocycles. The first kappa shape index (κ1) is 20.0. The summed E-state index contributed by atoms with van der Waals surface area (Å²) in [7, 11) is 0. The number of nitrogens with one attached hydrogen (secondary N) is 1. The summed E-state index contributed by atoms with van der Waals surface area (Å²) in [4.78, 5) is 2.34. The number of hydrogen-bond donors (Lipinski definition) is 1. The van der Waals surface area contributed by atoms with E-state index in [1.165, 1.54) is 45.7 Å². The Morgan fingerprint density at radius 3 is 2.69 bits per heavy atom. The highest BCUT2D eigenvalue weighted by atomic mass is 32.2. The van der Waals surface area contributed by atoms with Crippen molar-refractivity contribution in [3.63, 3.8) is 0 Å². The van der Waals surface area contributed by atoms with Crippen LogP contribution >= 0.6 is 34.4 Å². The molecule has 0 spiro atoms. The monoisotopic (exact) mass is 447 g/mol. The van der Waals surface area contributed by atoms with Crippen molar-refractivity contribution in [2.45, 2.75) is 36.9 Å². The van der Waals surface area contributed by atoms with Gasteiger partial charge in [0.15, 0.2) is 4.34 Å². The Labute approximate surface area is 179 Å². The Morgan fingerprint density at radius 1 is 1.10 bits per heavy atom. The molecule has 29 heavy (non-hydrogen) atoms. The van der Waals surface area contributed by atoms with E-state index in [-0.39, 0.29) is 5.82 Å². The molecule has 0 aliphatic carbocycles. The number of aromatic nitrogens is 4. The second kappa shape index (κ2) is 9.02. The van der Waals surface area contributed by atoms with Gasteiger partial charge in [-0.3, -0.25) is 0 Å². The molecule has 3 heterocycles. The van der Waals surface area contributed by atoms with Crippen LogP contribution < -0.4 is 5.32 Å². The normalized spacial score (nSPS) is 11.1. The van der Waals surface area contributed by atoms with Gasteiger partial charge in [-0.2, -0.15) is 0 Å². The van der Waals surface area contributed by atoms with Crippen LogP contribution in [0, 0.1) is 12.7 Å². The van der Waals surface area contributed by atoms with E-state index >= 15 is 0 Å². The van der Waals surface area contributed by atoms with Crippen LogP contribution in [-0.2, 0) is 18.7 Å². The molecule has 0 saturated carbocycles. The van der Waals surface area contributed by atoms with Crippen molar-refractivity contribution in [3.05, 3.63) is 58.0 Å². The van der Waals surface area contributed by atoms with Gasteiger partial charge in [-0.1, -0.05) is 42.2 Å². The Balaban J connectivity index is 1.31. The number of benzene rings is 1. The molecular weight excluding hydrogens is 429 g/mol. The summed E-state index contributed by atoms with van der Waals surface area (Å²) >= 11 is 4.65. The van der Waals surface area contributed by atoms with Crippen LogP contribution in [0.1, 0.15) is 28.8 Å². The number of aryl methyl sites for hydroxylation is 2. The number of anilines is 1. The Hall–Kier alpha value is -2.30. The molecule has 6 nitrogen and oxygen atoms in total. The largest absolute Gasteiger partial charge is 0.419 e. The third-order valence-corrected chi connectivity index (χ3v) is 7.47. The van der Waals surface area contributed by atoms with E-state index in [9.17, 15) is 4.39 Å². The van der Waals surface area contributed by atoms with E-state index < -0.39 is 0 Å². The van der Waals surface area contributed by atoms with Gasteiger partial charge in [0, 0.05) is 11.4 Å². The average Bonchev–Trinajstić information content (AvgIpc) is 3.45. The molecule has 0 bridgehead atoms. The van der Waals surface area contributed by atoms with Crippen LogP contribution in [0.25, 0.3) is 10.8 Å². The molecule has 150 valence electrons. The van der Waals surface area contributed by atoms with Gasteiger partial charge in [0.2, 0.25) is 11.0 Å². The Bertz CT molecular complexity index is 1090. The third kappa shape index (κ3) is 5.01. The van der Waals surface area contributed by atoms with E-state index in [0.29, 0.717) is 29.2 Å². The maximum Gasteiger partial charge on any atom is 0.257 e. The average molecular weight is 448 g/mol. The molecule has 0 fully saturated rings. The Kier molecular flexibility index (Phi) is 6.22. The summed E-state index contributed by atoms with van der Waals surface area (Å²) in [5.74, 6) is 1.41. The number of nitrogens with zero attached hydrogens (tertiary/aromatic N) is 4. The molecule has 0 atom stereocenters. The zero-order chi connectivity index (χ0) is 20.2. The lowest BCUT2D eigenvalue weighted by atomic mass is 10.2. The maximum absolute atomic E-state index is 13.0.